The first-order valence-corrected chi connectivity index (χ1v) is 11.7. The van der Waals surface area contributed by atoms with Crippen LogP contribution in [0.5, 0.6) is 0 Å². The molecule has 0 aliphatic rings. The van der Waals surface area contributed by atoms with Crippen LogP contribution in [0.1, 0.15) is 34.6 Å². The molecule has 2 amide bonds. The monoisotopic (exact) mass is 451 g/mol. The van der Waals surface area contributed by atoms with Gasteiger partial charge >= 0.3 is 0 Å². The zero-order valence-electron chi connectivity index (χ0n) is 17.9. The Balaban J connectivity index is 1.74. The van der Waals surface area contributed by atoms with Crippen molar-refractivity contribution in [1.29, 1.82) is 0 Å². The van der Waals surface area contributed by atoms with Gasteiger partial charge in [0.15, 0.2) is 0 Å². The lowest BCUT2D eigenvalue weighted by Gasteiger charge is -2.20. The van der Waals surface area contributed by atoms with E-state index < -0.39 is 15.9 Å². The number of carbonyl (C=O) groups is 2. The van der Waals surface area contributed by atoms with E-state index in [1.807, 2.05) is 13.8 Å². The molecule has 0 aliphatic heterocycles. The van der Waals surface area contributed by atoms with Crippen LogP contribution in [0.2, 0.25) is 0 Å². The number of para-hydroxylation sites is 1. The molecule has 2 N–H and O–H groups in total. The fraction of sp³-hybridized carbons (Fsp3) is 0.167. The van der Waals surface area contributed by atoms with Crippen molar-refractivity contribution in [3.8, 4) is 0 Å². The van der Waals surface area contributed by atoms with E-state index in [-0.39, 0.29) is 10.8 Å². The predicted octanol–water partition coefficient (Wildman–Crippen LogP) is 4.22. The average Bonchev–Trinajstić information content (AvgIpc) is 2.81. The Morgan fingerprint density at radius 2 is 1.41 bits per heavy atom. The molecule has 0 saturated heterocycles. The van der Waals surface area contributed by atoms with Gasteiger partial charge in [0.05, 0.1) is 16.1 Å². The number of benzene rings is 3. The second kappa shape index (κ2) is 10.1. The summed E-state index contributed by atoms with van der Waals surface area (Å²) in [5.74, 6) is -0.557. The maximum atomic E-state index is 12.7. The third-order valence-electron chi connectivity index (χ3n) is 4.91. The summed E-state index contributed by atoms with van der Waals surface area (Å²) >= 11 is 0. The molecule has 0 unspecified atom stereocenters. The number of nitrogens with one attached hydrogen (secondary N) is 2. The molecular weight excluding hydrogens is 426 g/mol. The van der Waals surface area contributed by atoms with Crippen molar-refractivity contribution in [2.24, 2.45) is 0 Å². The zero-order valence-corrected chi connectivity index (χ0v) is 18.7. The Hall–Kier alpha value is -3.65. The highest BCUT2D eigenvalue weighted by molar-refractivity contribution is 7.92. The first-order valence-electron chi connectivity index (χ1n) is 10.2. The molecule has 0 saturated carbocycles. The highest BCUT2D eigenvalue weighted by Crippen LogP contribution is 2.20. The van der Waals surface area contributed by atoms with E-state index in [2.05, 4.69) is 10.0 Å². The third-order valence-corrected chi connectivity index (χ3v) is 6.31. The lowest BCUT2D eigenvalue weighted by atomic mass is 10.1. The second-order valence-electron chi connectivity index (χ2n) is 6.97. The number of carbonyl (C=O) groups excluding carboxylic acids is 2. The van der Waals surface area contributed by atoms with E-state index in [1.165, 1.54) is 36.4 Å². The van der Waals surface area contributed by atoms with Gasteiger partial charge in [-0.3, -0.25) is 14.3 Å². The molecule has 3 aromatic rings. The van der Waals surface area contributed by atoms with E-state index >= 15 is 0 Å². The van der Waals surface area contributed by atoms with Crippen molar-refractivity contribution >= 4 is 33.2 Å². The summed E-state index contributed by atoms with van der Waals surface area (Å²) in [6.07, 6.45) is 0. The smallest absolute Gasteiger partial charge is 0.261 e. The molecule has 3 rings (SSSR count). The first-order chi connectivity index (χ1) is 15.4. The van der Waals surface area contributed by atoms with Crippen LogP contribution in [-0.4, -0.2) is 38.2 Å². The number of rotatable bonds is 8. The summed E-state index contributed by atoms with van der Waals surface area (Å²) in [4.78, 5) is 27.3. The minimum absolute atomic E-state index is 0.149. The van der Waals surface area contributed by atoms with E-state index in [0.717, 1.165) is 0 Å². The van der Waals surface area contributed by atoms with Gasteiger partial charge in [0.2, 0.25) is 0 Å². The minimum atomic E-state index is -3.72. The van der Waals surface area contributed by atoms with Gasteiger partial charge in [-0.05, 0) is 62.4 Å². The number of nitrogens with zero attached hydrogens (tertiary/aromatic N) is 1. The summed E-state index contributed by atoms with van der Waals surface area (Å²) in [6.45, 7) is 4.93. The molecule has 3 aromatic carbocycles. The lowest BCUT2D eigenvalue weighted by Crippen LogP contribution is -2.31. The minimum Gasteiger partial charge on any atom is -0.339 e. The maximum Gasteiger partial charge on any atom is 0.261 e. The Kier molecular flexibility index (Phi) is 7.27. The molecule has 0 bridgehead atoms. The third kappa shape index (κ3) is 5.33. The van der Waals surface area contributed by atoms with E-state index in [9.17, 15) is 18.0 Å². The molecule has 0 atom stereocenters. The number of anilines is 2. The standard InChI is InChI=1S/C24H25N3O4S/c1-3-27(4-2)24(29)21-12-8-9-13-22(21)25-23(28)18-14-16-19(17-15-18)26-32(30,31)20-10-6-5-7-11-20/h5-17,26H,3-4H2,1-2H3,(H,25,28). The first kappa shape index (κ1) is 23.0. The van der Waals surface area contributed by atoms with Crippen LogP contribution in [0.3, 0.4) is 0 Å². The zero-order chi connectivity index (χ0) is 23.1. The van der Waals surface area contributed by atoms with Crippen molar-refractivity contribution in [2.75, 3.05) is 23.1 Å². The Labute approximate surface area is 188 Å². The fourth-order valence-electron chi connectivity index (χ4n) is 3.16. The summed E-state index contributed by atoms with van der Waals surface area (Å²) in [7, 11) is -3.72. The second-order valence-corrected chi connectivity index (χ2v) is 8.66. The quantitative estimate of drug-likeness (QED) is 0.536. The summed E-state index contributed by atoms with van der Waals surface area (Å²) in [5.41, 5.74) is 1.50. The van der Waals surface area contributed by atoms with Crippen LogP contribution in [0.25, 0.3) is 0 Å². The van der Waals surface area contributed by atoms with Crippen molar-refractivity contribution in [1.82, 2.24) is 4.90 Å². The Morgan fingerprint density at radius 3 is 2.03 bits per heavy atom. The highest BCUT2D eigenvalue weighted by atomic mass is 32.2. The van der Waals surface area contributed by atoms with Gasteiger partial charge in [0, 0.05) is 24.3 Å². The van der Waals surface area contributed by atoms with Gasteiger partial charge in [-0.15, -0.1) is 0 Å². The summed E-state index contributed by atoms with van der Waals surface area (Å²) < 4.78 is 27.4. The molecule has 0 aliphatic carbocycles. The van der Waals surface area contributed by atoms with Crippen LogP contribution >= 0.6 is 0 Å². The summed E-state index contributed by atoms with van der Waals surface area (Å²) in [5, 5.41) is 2.78. The van der Waals surface area contributed by atoms with Crippen LogP contribution in [-0.2, 0) is 10.0 Å². The molecule has 8 heteroatoms. The Bertz CT molecular complexity index is 1190. The molecule has 0 spiro atoms. The van der Waals surface area contributed by atoms with Crippen molar-refractivity contribution in [2.45, 2.75) is 18.7 Å². The van der Waals surface area contributed by atoms with Crippen molar-refractivity contribution < 1.29 is 18.0 Å². The largest absolute Gasteiger partial charge is 0.339 e. The molecule has 166 valence electrons. The maximum absolute atomic E-state index is 12.7. The number of sulfonamides is 1. The highest BCUT2D eigenvalue weighted by Gasteiger charge is 2.18. The summed E-state index contributed by atoms with van der Waals surface area (Å²) in [6, 6.07) is 21.0. The van der Waals surface area contributed by atoms with Gasteiger partial charge in [0.25, 0.3) is 21.8 Å². The topological polar surface area (TPSA) is 95.6 Å². The molecule has 32 heavy (non-hydrogen) atoms. The van der Waals surface area contributed by atoms with E-state index in [4.69, 9.17) is 0 Å². The lowest BCUT2D eigenvalue weighted by molar-refractivity contribution is 0.0774. The van der Waals surface area contributed by atoms with Crippen molar-refractivity contribution in [3.05, 3.63) is 90.0 Å². The average molecular weight is 452 g/mol. The van der Waals surface area contributed by atoms with Gasteiger partial charge in [-0.1, -0.05) is 30.3 Å². The predicted molar refractivity (Wildman–Crippen MR) is 125 cm³/mol. The molecule has 0 fully saturated rings. The number of amides is 2. The van der Waals surface area contributed by atoms with Crippen LogP contribution in [0, 0.1) is 0 Å². The number of hydrogen-bond donors (Lipinski definition) is 2. The van der Waals surface area contributed by atoms with E-state index in [0.29, 0.717) is 35.6 Å². The van der Waals surface area contributed by atoms with Crippen molar-refractivity contribution in [3.63, 3.8) is 0 Å². The SMILES string of the molecule is CCN(CC)C(=O)c1ccccc1NC(=O)c1ccc(NS(=O)(=O)c2ccccc2)cc1. The van der Waals surface area contributed by atoms with Crippen LogP contribution in [0.4, 0.5) is 11.4 Å². The van der Waals surface area contributed by atoms with Gasteiger partial charge in [0.1, 0.15) is 0 Å². The Morgan fingerprint density at radius 1 is 0.812 bits per heavy atom. The van der Waals surface area contributed by atoms with Crippen LogP contribution in [0.15, 0.2) is 83.8 Å². The molecule has 7 nitrogen and oxygen atoms in total. The molecule has 0 heterocycles. The molecular formula is C24H25N3O4S. The van der Waals surface area contributed by atoms with Crippen LogP contribution < -0.4 is 10.0 Å². The fourth-order valence-corrected chi connectivity index (χ4v) is 4.24. The molecule has 0 aromatic heterocycles. The van der Waals surface area contributed by atoms with E-state index in [1.54, 1.807) is 47.4 Å². The number of hydrogen-bond acceptors (Lipinski definition) is 4. The van der Waals surface area contributed by atoms with Gasteiger partial charge < -0.3 is 10.2 Å². The normalized spacial score (nSPS) is 10.9. The molecule has 0 radical (unpaired) electrons. The van der Waals surface area contributed by atoms with Gasteiger partial charge in [-0.25, -0.2) is 8.42 Å². The van der Waals surface area contributed by atoms with Gasteiger partial charge in [-0.2, -0.15) is 0 Å².